The van der Waals surface area contributed by atoms with E-state index < -0.39 is 0 Å². The molecule has 104 valence electrons. The van der Waals surface area contributed by atoms with Crippen molar-refractivity contribution in [2.75, 3.05) is 26.2 Å². The summed E-state index contributed by atoms with van der Waals surface area (Å²) < 4.78 is 0. The molecule has 1 saturated heterocycles. The molecule has 0 radical (unpaired) electrons. The summed E-state index contributed by atoms with van der Waals surface area (Å²) in [5.41, 5.74) is 1.29. The van der Waals surface area contributed by atoms with Crippen LogP contribution in [-0.4, -0.2) is 47.0 Å². The smallest absolute Gasteiger partial charge is 0.254 e. The van der Waals surface area contributed by atoms with Gasteiger partial charge in [-0.3, -0.25) is 4.79 Å². The van der Waals surface area contributed by atoms with Crippen molar-refractivity contribution in [2.24, 2.45) is 5.92 Å². The van der Waals surface area contributed by atoms with Gasteiger partial charge in [-0.15, -0.1) is 0 Å². The molecule has 1 fully saturated rings. The lowest BCUT2D eigenvalue weighted by atomic mass is 10.0. The number of aryl methyl sites for hydroxylation is 1. The molecule has 1 aromatic rings. The number of amides is 1. The molecule has 0 aromatic carbocycles. The highest BCUT2D eigenvalue weighted by atomic mass is 16.1. The van der Waals surface area contributed by atoms with Crippen LogP contribution in [0.15, 0.2) is 12.5 Å². The first-order chi connectivity index (χ1) is 9.16. The van der Waals surface area contributed by atoms with E-state index in [1.807, 2.05) is 6.92 Å². The van der Waals surface area contributed by atoms with Gasteiger partial charge in [-0.1, -0.05) is 6.92 Å². The number of aromatic nitrogens is 2. The number of likely N-dealkylation sites (tertiary alicyclic amines) is 1. The maximum Gasteiger partial charge on any atom is 0.254 e. The van der Waals surface area contributed by atoms with E-state index >= 15 is 0 Å². The van der Waals surface area contributed by atoms with Gasteiger partial charge in [0.05, 0.1) is 11.3 Å². The fourth-order valence-corrected chi connectivity index (χ4v) is 2.53. The fraction of sp³-hybridized carbons (Fsp3) is 0.643. The molecular weight excluding hydrogens is 240 g/mol. The zero-order chi connectivity index (χ0) is 13.7. The third-order valence-corrected chi connectivity index (χ3v) is 3.61. The van der Waals surface area contributed by atoms with Crippen molar-refractivity contribution in [3.63, 3.8) is 0 Å². The summed E-state index contributed by atoms with van der Waals surface area (Å²) in [5.74, 6) is 0.692. The molecule has 5 nitrogen and oxygen atoms in total. The minimum absolute atomic E-state index is 0.0804. The normalized spacial score (nSPS) is 20.2. The summed E-state index contributed by atoms with van der Waals surface area (Å²) >= 11 is 0. The van der Waals surface area contributed by atoms with E-state index in [9.17, 15) is 4.79 Å². The standard InChI is InChI=1S/C14H22N4O/c1-11-4-3-6-18(9-11)7-5-16-14(19)13-8-15-10-17-12(13)2/h8,10-11H,3-7,9H2,1-2H3,(H,16,19). The molecule has 0 saturated carbocycles. The lowest BCUT2D eigenvalue weighted by Crippen LogP contribution is -2.40. The van der Waals surface area contributed by atoms with Crippen LogP contribution >= 0.6 is 0 Å². The number of hydrogen-bond donors (Lipinski definition) is 1. The summed E-state index contributed by atoms with van der Waals surface area (Å²) in [6.45, 7) is 8.00. The minimum atomic E-state index is -0.0804. The maximum atomic E-state index is 12.0. The van der Waals surface area contributed by atoms with Crippen molar-refractivity contribution in [3.05, 3.63) is 23.8 Å². The summed E-state index contributed by atoms with van der Waals surface area (Å²) in [7, 11) is 0. The average molecular weight is 262 g/mol. The summed E-state index contributed by atoms with van der Waals surface area (Å²) in [6.07, 6.45) is 5.62. The first-order valence-corrected chi connectivity index (χ1v) is 6.94. The van der Waals surface area contributed by atoms with Gasteiger partial charge < -0.3 is 10.2 Å². The van der Waals surface area contributed by atoms with Crippen LogP contribution < -0.4 is 5.32 Å². The van der Waals surface area contributed by atoms with Gasteiger partial charge in [0.2, 0.25) is 0 Å². The fourth-order valence-electron chi connectivity index (χ4n) is 2.53. The van der Waals surface area contributed by atoms with Crippen molar-refractivity contribution in [1.82, 2.24) is 20.2 Å². The van der Waals surface area contributed by atoms with E-state index in [4.69, 9.17) is 0 Å². The molecular formula is C14H22N4O. The van der Waals surface area contributed by atoms with Crippen LogP contribution in [0.2, 0.25) is 0 Å². The van der Waals surface area contributed by atoms with Gasteiger partial charge in [0.25, 0.3) is 5.91 Å². The van der Waals surface area contributed by atoms with Crippen LogP contribution in [0, 0.1) is 12.8 Å². The molecule has 1 aliphatic heterocycles. The number of carbonyl (C=O) groups excluding carboxylic acids is 1. The molecule has 0 bridgehead atoms. The lowest BCUT2D eigenvalue weighted by Gasteiger charge is -2.30. The van der Waals surface area contributed by atoms with Crippen LogP contribution in [0.3, 0.4) is 0 Å². The SMILES string of the molecule is Cc1ncncc1C(=O)NCCN1CCCC(C)C1. The molecule has 2 rings (SSSR count). The van der Waals surface area contributed by atoms with E-state index in [0.29, 0.717) is 12.1 Å². The molecule has 0 aliphatic carbocycles. The van der Waals surface area contributed by atoms with Gasteiger partial charge in [0, 0.05) is 25.8 Å². The summed E-state index contributed by atoms with van der Waals surface area (Å²) in [6, 6.07) is 0. The molecule has 2 heterocycles. The van der Waals surface area contributed by atoms with E-state index in [0.717, 1.165) is 31.2 Å². The molecule has 0 spiro atoms. The Morgan fingerprint density at radius 1 is 1.58 bits per heavy atom. The molecule has 5 heteroatoms. The number of rotatable bonds is 4. The van der Waals surface area contributed by atoms with Gasteiger partial charge in [0.15, 0.2) is 0 Å². The van der Waals surface area contributed by atoms with E-state index in [1.54, 1.807) is 6.20 Å². The Labute approximate surface area is 114 Å². The highest BCUT2D eigenvalue weighted by Crippen LogP contribution is 2.14. The Balaban J connectivity index is 1.76. The summed E-state index contributed by atoms with van der Waals surface area (Å²) in [5, 5.41) is 2.94. The second-order valence-electron chi connectivity index (χ2n) is 5.33. The van der Waals surface area contributed by atoms with Crippen LogP contribution in [0.5, 0.6) is 0 Å². The van der Waals surface area contributed by atoms with Crippen molar-refractivity contribution in [1.29, 1.82) is 0 Å². The monoisotopic (exact) mass is 262 g/mol. The maximum absolute atomic E-state index is 12.0. The second-order valence-corrected chi connectivity index (χ2v) is 5.33. The van der Waals surface area contributed by atoms with E-state index in [2.05, 4.69) is 27.1 Å². The third kappa shape index (κ3) is 3.99. The highest BCUT2D eigenvalue weighted by Gasteiger charge is 2.16. The molecule has 1 aliphatic rings. The largest absolute Gasteiger partial charge is 0.351 e. The predicted molar refractivity (Wildman–Crippen MR) is 73.9 cm³/mol. The van der Waals surface area contributed by atoms with Crippen LogP contribution in [0.25, 0.3) is 0 Å². The van der Waals surface area contributed by atoms with Crippen molar-refractivity contribution < 1.29 is 4.79 Å². The molecule has 1 aromatic heterocycles. The zero-order valence-corrected chi connectivity index (χ0v) is 11.7. The lowest BCUT2D eigenvalue weighted by molar-refractivity contribution is 0.0942. The molecule has 1 N–H and O–H groups in total. The molecule has 19 heavy (non-hydrogen) atoms. The first-order valence-electron chi connectivity index (χ1n) is 6.94. The van der Waals surface area contributed by atoms with Crippen LogP contribution in [0.4, 0.5) is 0 Å². The van der Waals surface area contributed by atoms with E-state index in [1.165, 1.54) is 19.2 Å². The Morgan fingerprint density at radius 3 is 3.16 bits per heavy atom. The van der Waals surface area contributed by atoms with Gasteiger partial charge in [-0.05, 0) is 32.2 Å². The molecule has 1 amide bonds. The Kier molecular flexibility index (Phi) is 4.85. The van der Waals surface area contributed by atoms with Crippen molar-refractivity contribution in [2.45, 2.75) is 26.7 Å². The quantitative estimate of drug-likeness (QED) is 0.887. The van der Waals surface area contributed by atoms with Gasteiger partial charge in [-0.25, -0.2) is 9.97 Å². The van der Waals surface area contributed by atoms with E-state index in [-0.39, 0.29) is 5.91 Å². The summed E-state index contributed by atoms with van der Waals surface area (Å²) in [4.78, 5) is 22.3. The highest BCUT2D eigenvalue weighted by molar-refractivity contribution is 5.94. The van der Waals surface area contributed by atoms with Gasteiger partial charge in [-0.2, -0.15) is 0 Å². The first kappa shape index (κ1) is 13.9. The number of carbonyl (C=O) groups is 1. The third-order valence-electron chi connectivity index (χ3n) is 3.61. The Morgan fingerprint density at radius 2 is 2.42 bits per heavy atom. The van der Waals surface area contributed by atoms with Gasteiger partial charge >= 0.3 is 0 Å². The Bertz CT molecular complexity index is 435. The molecule has 1 unspecified atom stereocenters. The van der Waals surface area contributed by atoms with Crippen molar-refractivity contribution in [3.8, 4) is 0 Å². The second kappa shape index (κ2) is 6.61. The zero-order valence-electron chi connectivity index (χ0n) is 11.7. The van der Waals surface area contributed by atoms with Crippen molar-refractivity contribution >= 4 is 5.91 Å². The predicted octanol–water partition coefficient (Wildman–Crippen LogP) is 1.25. The number of hydrogen-bond acceptors (Lipinski definition) is 4. The number of piperidine rings is 1. The van der Waals surface area contributed by atoms with Crippen LogP contribution in [0.1, 0.15) is 35.8 Å². The average Bonchev–Trinajstić information content (AvgIpc) is 2.39. The topological polar surface area (TPSA) is 58.1 Å². The Hall–Kier alpha value is -1.49. The van der Waals surface area contributed by atoms with Crippen LogP contribution in [-0.2, 0) is 0 Å². The minimum Gasteiger partial charge on any atom is -0.351 e. The molecule has 1 atom stereocenters. The van der Waals surface area contributed by atoms with Gasteiger partial charge in [0.1, 0.15) is 6.33 Å². The number of nitrogens with one attached hydrogen (secondary N) is 1. The number of nitrogens with zero attached hydrogens (tertiary/aromatic N) is 3.